The minimum Gasteiger partial charge on any atom is -0.481 e. The molecule has 0 aliphatic carbocycles. The van der Waals surface area contributed by atoms with Gasteiger partial charge < -0.3 is 14.9 Å². The summed E-state index contributed by atoms with van der Waals surface area (Å²) < 4.78 is 0. The Hall–Kier alpha value is -0.610. The second-order valence-electron chi connectivity index (χ2n) is 5.90. The first-order valence-corrected chi connectivity index (χ1v) is 7.12. The molecule has 0 radical (unpaired) electrons. The van der Waals surface area contributed by atoms with Crippen LogP contribution in [0.15, 0.2) is 0 Å². The van der Waals surface area contributed by atoms with E-state index in [0.29, 0.717) is 6.54 Å². The zero-order valence-corrected chi connectivity index (χ0v) is 12.1. The van der Waals surface area contributed by atoms with E-state index in [2.05, 4.69) is 9.80 Å². The Bertz CT molecular complexity index is 265. The van der Waals surface area contributed by atoms with Crippen LogP contribution in [-0.4, -0.2) is 60.6 Å². The van der Waals surface area contributed by atoms with E-state index in [9.17, 15) is 9.90 Å². The average Bonchev–Trinajstić information content (AvgIpc) is 2.79. The molecule has 1 saturated heterocycles. The minimum absolute atomic E-state index is 0.603. The Morgan fingerprint density at radius 2 is 2.00 bits per heavy atom. The number of carboxylic acids is 1. The Kier molecular flexibility index (Phi) is 6.09. The lowest BCUT2D eigenvalue weighted by Crippen LogP contribution is -2.42. The predicted molar refractivity (Wildman–Crippen MR) is 73.8 cm³/mol. The summed E-state index contributed by atoms with van der Waals surface area (Å²) in [6.45, 7) is 9.00. The maximum atomic E-state index is 11.4. The van der Waals surface area contributed by atoms with Gasteiger partial charge in [-0.25, -0.2) is 0 Å². The third-order valence-electron chi connectivity index (χ3n) is 3.93. The van der Waals surface area contributed by atoms with E-state index in [-0.39, 0.29) is 0 Å². The Balaban J connectivity index is 2.35. The molecule has 1 aliphatic rings. The lowest BCUT2D eigenvalue weighted by molar-refractivity contribution is -0.149. The van der Waals surface area contributed by atoms with Crippen LogP contribution < -0.4 is 0 Å². The normalized spacial score (nSPS) is 20.2. The first kappa shape index (κ1) is 15.4. The summed E-state index contributed by atoms with van der Waals surface area (Å²) in [5.74, 6) is -0.669. The fourth-order valence-electron chi connectivity index (χ4n) is 2.80. The second kappa shape index (κ2) is 7.10. The van der Waals surface area contributed by atoms with Gasteiger partial charge in [0.25, 0.3) is 0 Å². The van der Waals surface area contributed by atoms with Crippen molar-refractivity contribution in [1.29, 1.82) is 0 Å². The number of hydrogen-bond donors (Lipinski definition) is 1. The van der Waals surface area contributed by atoms with Gasteiger partial charge in [-0.15, -0.1) is 0 Å². The van der Waals surface area contributed by atoms with Gasteiger partial charge >= 0.3 is 5.97 Å². The van der Waals surface area contributed by atoms with Gasteiger partial charge in [-0.3, -0.25) is 4.79 Å². The number of likely N-dealkylation sites (tertiary alicyclic amines) is 1. The average molecular weight is 256 g/mol. The molecule has 0 aromatic heterocycles. The van der Waals surface area contributed by atoms with Crippen molar-refractivity contribution in [2.24, 2.45) is 5.41 Å². The summed E-state index contributed by atoms with van der Waals surface area (Å²) in [4.78, 5) is 16.0. The van der Waals surface area contributed by atoms with Crippen LogP contribution >= 0.6 is 0 Å². The van der Waals surface area contributed by atoms with Gasteiger partial charge in [0.05, 0.1) is 5.41 Å². The van der Waals surface area contributed by atoms with Crippen molar-refractivity contribution in [2.75, 3.05) is 39.8 Å². The van der Waals surface area contributed by atoms with E-state index in [1.54, 1.807) is 0 Å². The van der Waals surface area contributed by atoms with Gasteiger partial charge in [0, 0.05) is 19.6 Å². The van der Waals surface area contributed by atoms with Crippen molar-refractivity contribution in [1.82, 2.24) is 9.80 Å². The zero-order chi connectivity index (χ0) is 13.6. The van der Waals surface area contributed by atoms with Crippen molar-refractivity contribution in [3.63, 3.8) is 0 Å². The maximum absolute atomic E-state index is 11.4. The summed E-state index contributed by atoms with van der Waals surface area (Å²) in [5.41, 5.74) is -0.603. The SMILES string of the molecule is CCCC(C)(CN(C)CCN1CCCC1)C(=O)O. The molecule has 1 N–H and O–H groups in total. The lowest BCUT2D eigenvalue weighted by Gasteiger charge is -2.30. The zero-order valence-electron chi connectivity index (χ0n) is 12.1. The third kappa shape index (κ3) is 4.58. The van der Waals surface area contributed by atoms with Crippen LogP contribution in [0, 0.1) is 5.41 Å². The number of carbonyl (C=O) groups is 1. The second-order valence-corrected chi connectivity index (χ2v) is 5.90. The monoisotopic (exact) mass is 256 g/mol. The summed E-state index contributed by atoms with van der Waals surface area (Å²) >= 11 is 0. The number of carboxylic acid groups (broad SMARTS) is 1. The predicted octanol–water partition coefficient (Wildman–Crippen LogP) is 1.91. The van der Waals surface area contributed by atoms with Gasteiger partial charge in [0.1, 0.15) is 0 Å². The minimum atomic E-state index is -0.669. The molecule has 4 nitrogen and oxygen atoms in total. The fourth-order valence-corrected chi connectivity index (χ4v) is 2.80. The molecule has 0 aromatic carbocycles. The largest absolute Gasteiger partial charge is 0.481 e. The fraction of sp³-hybridized carbons (Fsp3) is 0.929. The number of likely N-dealkylation sites (N-methyl/N-ethyl adjacent to an activating group) is 1. The van der Waals surface area contributed by atoms with Gasteiger partial charge in [-0.05, 0) is 46.3 Å². The molecule has 1 heterocycles. The number of hydrogen-bond acceptors (Lipinski definition) is 3. The Morgan fingerprint density at radius 1 is 1.39 bits per heavy atom. The molecular weight excluding hydrogens is 228 g/mol. The highest BCUT2D eigenvalue weighted by Crippen LogP contribution is 2.24. The molecule has 1 fully saturated rings. The van der Waals surface area contributed by atoms with Crippen molar-refractivity contribution in [2.45, 2.75) is 39.5 Å². The van der Waals surface area contributed by atoms with Crippen molar-refractivity contribution >= 4 is 5.97 Å². The first-order valence-electron chi connectivity index (χ1n) is 7.12. The highest BCUT2D eigenvalue weighted by Gasteiger charge is 2.33. The van der Waals surface area contributed by atoms with Crippen LogP contribution in [-0.2, 0) is 4.79 Å². The van der Waals surface area contributed by atoms with Gasteiger partial charge in [0.15, 0.2) is 0 Å². The number of aliphatic carboxylic acids is 1. The summed E-state index contributed by atoms with van der Waals surface area (Å²) in [5, 5.41) is 9.36. The van der Waals surface area contributed by atoms with E-state index >= 15 is 0 Å². The van der Waals surface area contributed by atoms with E-state index in [0.717, 1.165) is 25.9 Å². The van der Waals surface area contributed by atoms with Gasteiger partial charge in [-0.2, -0.15) is 0 Å². The Morgan fingerprint density at radius 3 is 2.50 bits per heavy atom. The van der Waals surface area contributed by atoms with E-state index < -0.39 is 11.4 Å². The molecule has 1 rings (SSSR count). The molecule has 4 heteroatoms. The number of rotatable bonds is 8. The van der Waals surface area contributed by atoms with Crippen LogP contribution in [0.2, 0.25) is 0 Å². The van der Waals surface area contributed by atoms with E-state index in [4.69, 9.17) is 0 Å². The number of nitrogens with zero attached hydrogens (tertiary/aromatic N) is 2. The summed E-state index contributed by atoms with van der Waals surface area (Å²) in [6, 6.07) is 0. The first-order chi connectivity index (χ1) is 8.48. The molecule has 0 amide bonds. The molecule has 0 bridgehead atoms. The third-order valence-corrected chi connectivity index (χ3v) is 3.93. The van der Waals surface area contributed by atoms with Crippen LogP contribution in [0.1, 0.15) is 39.5 Å². The highest BCUT2D eigenvalue weighted by molar-refractivity contribution is 5.74. The van der Waals surface area contributed by atoms with Gasteiger partial charge in [0.2, 0.25) is 0 Å². The molecule has 106 valence electrons. The molecule has 0 spiro atoms. The van der Waals surface area contributed by atoms with Crippen molar-refractivity contribution in [3.05, 3.63) is 0 Å². The summed E-state index contributed by atoms with van der Waals surface area (Å²) in [6.07, 6.45) is 4.29. The molecule has 1 unspecified atom stereocenters. The summed E-state index contributed by atoms with van der Waals surface area (Å²) in [7, 11) is 2.03. The smallest absolute Gasteiger partial charge is 0.310 e. The molecule has 18 heavy (non-hydrogen) atoms. The van der Waals surface area contributed by atoms with Crippen molar-refractivity contribution in [3.8, 4) is 0 Å². The van der Waals surface area contributed by atoms with Crippen LogP contribution in [0.25, 0.3) is 0 Å². The molecule has 1 atom stereocenters. The molecule has 0 saturated carbocycles. The lowest BCUT2D eigenvalue weighted by atomic mass is 9.85. The molecular formula is C14H28N2O2. The van der Waals surface area contributed by atoms with Crippen LogP contribution in [0.3, 0.4) is 0 Å². The van der Waals surface area contributed by atoms with Crippen LogP contribution in [0.4, 0.5) is 0 Å². The topological polar surface area (TPSA) is 43.8 Å². The van der Waals surface area contributed by atoms with Crippen molar-refractivity contribution < 1.29 is 9.90 Å². The highest BCUT2D eigenvalue weighted by atomic mass is 16.4. The van der Waals surface area contributed by atoms with Gasteiger partial charge in [-0.1, -0.05) is 13.3 Å². The van der Waals surface area contributed by atoms with E-state index in [1.165, 1.54) is 25.9 Å². The van der Waals surface area contributed by atoms with E-state index in [1.807, 2.05) is 20.9 Å². The standard InChI is InChI=1S/C14H28N2O2/c1-4-7-14(2,13(17)18)12-15(3)10-11-16-8-5-6-9-16/h4-12H2,1-3H3,(H,17,18). The quantitative estimate of drug-likeness (QED) is 0.720. The maximum Gasteiger partial charge on any atom is 0.310 e. The molecule has 1 aliphatic heterocycles. The Labute approximate surface area is 111 Å². The molecule has 0 aromatic rings. The van der Waals surface area contributed by atoms with Crippen LogP contribution in [0.5, 0.6) is 0 Å².